The fourth-order valence-corrected chi connectivity index (χ4v) is 1.53. The normalized spacial score (nSPS) is 19.7. The molecule has 1 aliphatic rings. The van der Waals surface area contributed by atoms with Gasteiger partial charge in [0, 0.05) is 0 Å². The molecule has 1 aromatic carbocycles. The number of carbonyl (C=O) groups is 1. The van der Waals surface area contributed by atoms with Crippen LogP contribution >= 0.6 is 0 Å². The Kier molecular flexibility index (Phi) is 3.95. The van der Waals surface area contributed by atoms with Crippen molar-refractivity contribution in [3.8, 4) is 5.75 Å². The van der Waals surface area contributed by atoms with Crippen molar-refractivity contribution in [2.45, 2.75) is 6.29 Å². The Balaban J connectivity index is 2.03. The fraction of sp³-hybridized carbons (Fsp3) is 0.417. The molecular weight excluding hydrogens is 224 g/mol. The van der Waals surface area contributed by atoms with Crippen LogP contribution in [-0.2, 0) is 14.2 Å². The lowest BCUT2D eigenvalue weighted by Crippen LogP contribution is -2.32. The third-order valence-corrected chi connectivity index (χ3v) is 2.35. The molecule has 1 aromatic rings. The van der Waals surface area contributed by atoms with E-state index in [2.05, 4.69) is 0 Å². The standard InChI is InChI=1S/C12H14O5/c1-14-10-5-3-2-4-9(10)12(13)17-11-8-15-6-7-16-11/h2-5,11H,6-8H2,1H3. The summed E-state index contributed by atoms with van der Waals surface area (Å²) in [5.41, 5.74) is 0.379. The van der Waals surface area contributed by atoms with Gasteiger partial charge in [-0.1, -0.05) is 12.1 Å². The van der Waals surface area contributed by atoms with E-state index in [9.17, 15) is 4.79 Å². The first kappa shape index (κ1) is 11.9. The molecular formula is C12H14O5. The molecule has 0 aromatic heterocycles. The van der Waals surface area contributed by atoms with Crippen LogP contribution < -0.4 is 4.74 Å². The van der Waals surface area contributed by atoms with Crippen LogP contribution in [0.1, 0.15) is 10.4 Å². The summed E-state index contributed by atoms with van der Waals surface area (Å²) in [4.78, 5) is 11.9. The highest BCUT2D eigenvalue weighted by atomic mass is 16.7. The van der Waals surface area contributed by atoms with Crippen LogP contribution in [0.2, 0.25) is 0 Å². The molecule has 0 radical (unpaired) electrons. The molecule has 0 bridgehead atoms. The minimum atomic E-state index is -0.638. The van der Waals surface area contributed by atoms with Crippen molar-refractivity contribution in [3.05, 3.63) is 29.8 Å². The quantitative estimate of drug-likeness (QED) is 0.741. The number of benzene rings is 1. The SMILES string of the molecule is COc1ccccc1C(=O)OC1COCCO1. The van der Waals surface area contributed by atoms with E-state index >= 15 is 0 Å². The van der Waals surface area contributed by atoms with Gasteiger partial charge < -0.3 is 18.9 Å². The molecule has 0 saturated carbocycles. The maximum absolute atomic E-state index is 11.9. The van der Waals surface area contributed by atoms with E-state index < -0.39 is 12.3 Å². The molecule has 1 fully saturated rings. The number of carbonyl (C=O) groups excluding carboxylic acids is 1. The van der Waals surface area contributed by atoms with Gasteiger partial charge in [-0.15, -0.1) is 0 Å². The molecule has 1 aliphatic heterocycles. The van der Waals surface area contributed by atoms with Crippen molar-refractivity contribution >= 4 is 5.97 Å². The van der Waals surface area contributed by atoms with Gasteiger partial charge >= 0.3 is 5.97 Å². The summed E-state index contributed by atoms with van der Waals surface area (Å²) in [6.07, 6.45) is -0.638. The second kappa shape index (κ2) is 5.65. The third-order valence-electron chi connectivity index (χ3n) is 2.35. The van der Waals surface area contributed by atoms with Gasteiger partial charge in [0.15, 0.2) is 0 Å². The molecule has 92 valence electrons. The second-order valence-corrected chi connectivity index (χ2v) is 3.48. The summed E-state index contributed by atoms with van der Waals surface area (Å²) < 4.78 is 20.6. The second-order valence-electron chi connectivity index (χ2n) is 3.48. The maximum Gasteiger partial charge on any atom is 0.344 e. The van der Waals surface area contributed by atoms with Crippen LogP contribution in [-0.4, -0.2) is 39.2 Å². The van der Waals surface area contributed by atoms with E-state index in [-0.39, 0.29) is 6.61 Å². The predicted molar refractivity (Wildman–Crippen MR) is 59.0 cm³/mol. The molecule has 1 saturated heterocycles. The van der Waals surface area contributed by atoms with Crippen LogP contribution in [0, 0.1) is 0 Å². The molecule has 0 spiro atoms. The van der Waals surface area contributed by atoms with Crippen LogP contribution in [0.15, 0.2) is 24.3 Å². The van der Waals surface area contributed by atoms with Crippen molar-refractivity contribution < 1.29 is 23.7 Å². The Morgan fingerprint density at radius 3 is 2.88 bits per heavy atom. The first-order valence-electron chi connectivity index (χ1n) is 5.34. The molecule has 1 unspecified atom stereocenters. The number of hydrogen-bond donors (Lipinski definition) is 0. The highest BCUT2D eigenvalue weighted by Crippen LogP contribution is 2.19. The van der Waals surface area contributed by atoms with Crippen molar-refractivity contribution in [2.75, 3.05) is 26.9 Å². The van der Waals surface area contributed by atoms with Gasteiger partial charge in [0.05, 0.1) is 20.3 Å². The molecule has 5 heteroatoms. The Morgan fingerprint density at radius 2 is 2.18 bits per heavy atom. The molecule has 0 aliphatic carbocycles. The van der Waals surface area contributed by atoms with Gasteiger partial charge in [-0.3, -0.25) is 0 Å². The van der Waals surface area contributed by atoms with Gasteiger partial charge in [-0.25, -0.2) is 4.79 Å². The molecule has 0 N–H and O–H groups in total. The topological polar surface area (TPSA) is 54.0 Å². The van der Waals surface area contributed by atoms with E-state index in [0.717, 1.165) is 0 Å². The molecule has 17 heavy (non-hydrogen) atoms. The summed E-state index contributed by atoms with van der Waals surface area (Å²) in [5.74, 6) is 0.00665. The Labute approximate surface area is 99.2 Å². The monoisotopic (exact) mass is 238 g/mol. The van der Waals surface area contributed by atoms with Crippen LogP contribution in [0.4, 0.5) is 0 Å². The van der Waals surface area contributed by atoms with Gasteiger partial charge in [0.1, 0.15) is 17.9 Å². The lowest BCUT2D eigenvalue weighted by molar-refractivity contribution is -0.186. The summed E-state index contributed by atoms with van der Waals surface area (Å²) in [6.45, 7) is 1.23. The van der Waals surface area contributed by atoms with Crippen molar-refractivity contribution in [1.82, 2.24) is 0 Å². The number of hydrogen-bond acceptors (Lipinski definition) is 5. The zero-order valence-corrected chi connectivity index (χ0v) is 9.55. The summed E-state index contributed by atoms with van der Waals surface area (Å²) in [7, 11) is 1.51. The zero-order chi connectivity index (χ0) is 12.1. The van der Waals surface area contributed by atoms with Crippen molar-refractivity contribution in [1.29, 1.82) is 0 Å². The number of methoxy groups -OCH3 is 1. The molecule has 2 rings (SSSR count). The van der Waals surface area contributed by atoms with Crippen molar-refractivity contribution in [2.24, 2.45) is 0 Å². The average Bonchev–Trinajstić information content (AvgIpc) is 2.40. The Bertz CT molecular complexity index is 384. The lowest BCUT2D eigenvalue weighted by Gasteiger charge is -2.22. The minimum absolute atomic E-state index is 0.265. The Hall–Kier alpha value is -1.59. The average molecular weight is 238 g/mol. The fourth-order valence-electron chi connectivity index (χ4n) is 1.53. The smallest absolute Gasteiger partial charge is 0.344 e. The maximum atomic E-state index is 11.9. The van der Waals surface area contributed by atoms with Gasteiger partial charge in [-0.05, 0) is 12.1 Å². The number of rotatable bonds is 3. The minimum Gasteiger partial charge on any atom is -0.496 e. The third kappa shape index (κ3) is 2.95. The van der Waals surface area contributed by atoms with Crippen LogP contribution in [0.3, 0.4) is 0 Å². The van der Waals surface area contributed by atoms with Gasteiger partial charge in [0.25, 0.3) is 0 Å². The van der Waals surface area contributed by atoms with Gasteiger partial charge in [-0.2, -0.15) is 0 Å². The predicted octanol–water partition coefficient (Wildman–Crippen LogP) is 1.22. The zero-order valence-electron chi connectivity index (χ0n) is 9.55. The Morgan fingerprint density at radius 1 is 1.35 bits per heavy atom. The van der Waals surface area contributed by atoms with Crippen LogP contribution in [0.25, 0.3) is 0 Å². The van der Waals surface area contributed by atoms with E-state index in [1.807, 2.05) is 0 Å². The summed E-state index contributed by atoms with van der Waals surface area (Å²) in [5, 5.41) is 0. The highest BCUT2D eigenvalue weighted by Gasteiger charge is 2.21. The largest absolute Gasteiger partial charge is 0.496 e. The number of para-hydroxylation sites is 1. The number of esters is 1. The molecule has 5 nitrogen and oxygen atoms in total. The van der Waals surface area contributed by atoms with E-state index in [1.54, 1.807) is 24.3 Å². The molecule has 1 atom stereocenters. The highest BCUT2D eigenvalue weighted by molar-refractivity contribution is 5.92. The van der Waals surface area contributed by atoms with E-state index in [1.165, 1.54) is 7.11 Å². The van der Waals surface area contributed by atoms with Gasteiger partial charge in [0.2, 0.25) is 6.29 Å². The first-order valence-corrected chi connectivity index (χ1v) is 5.34. The summed E-state index contributed by atoms with van der Waals surface area (Å²) in [6, 6.07) is 6.88. The first-order chi connectivity index (χ1) is 8.31. The summed E-state index contributed by atoms with van der Waals surface area (Å²) >= 11 is 0. The molecule has 0 amide bonds. The van der Waals surface area contributed by atoms with Crippen molar-refractivity contribution in [3.63, 3.8) is 0 Å². The van der Waals surface area contributed by atoms with E-state index in [4.69, 9.17) is 18.9 Å². The lowest BCUT2D eigenvalue weighted by atomic mass is 10.2. The van der Waals surface area contributed by atoms with E-state index in [0.29, 0.717) is 24.5 Å². The number of ether oxygens (including phenoxy) is 4. The van der Waals surface area contributed by atoms with Crippen LogP contribution in [0.5, 0.6) is 5.75 Å². The molecule has 1 heterocycles.